The second-order valence-corrected chi connectivity index (χ2v) is 7.14. The molecule has 2 aromatic carbocycles. The van der Waals surface area contributed by atoms with Crippen molar-refractivity contribution in [1.29, 1.82) is 0 Å². The second kappa shape index (κ2) is 7.71. The van der Waals surface area contributed by atoms with Crippen LogP contribution < -0.4 is 5.32 Å². The number of nitrogens with zero attached hydrogens (tertiary/aromatic N) is 4. The molecule has 1 saturated heterocycles. The highest BCUT2D eigenvalue weighted by molar-refractivity contribution is 6.02. The lowest BCUT2D eigenvalue weighted by Gasteiger charge is -2.04. The van der Waals surface area contributed by atoms with Crippen molar-refractivity contribution in [2.24, 2.45) is 5.10 Å². The molecule has 2 heterocycles. The molecule has 0 aliphatic carbocycles. The summed E-state index contributed by atoms with van der Waals surface area (Å²) in [5.41, 5.74) is 6.01. The molecule has 0 bridgehead atoms. The Labute approximate surface area is 168 Å². The second-order valence-electron chi connectivity index (χ2n) is 7.14. The van der Waals surface area contributed by atoms with E-state index < -0.39 is 6.03 Å². The summed E-state index contributed by atoms with van der Waals surface area (Å²) >= 11 is 0. The van der Waals surface area contributed by atoms with Crippen LogP contribution in [0.2, 0.25) is 0 Å². The number of urea groups is 1. The van der Waals surface area contributed by atoms with Gasteiger partial charge in [0.1, 0.15) is 12.2 Å². The lowest BCUT2D eigenvalue weighted by atomic mass is 10.1. The Morgan fingerprint density at radius 1 is 1.03 bits per heavy atom. The molecule has 0 atom stereocenters. The molecule has 29 heavy (non-hydrogen) atoms. The first-order valence-corrected chi connectivity index (χ1v) is 9.33. The van der Waals surface area contributed by atoms with Crippen LogP contribution in [0.3, 0.4) is 0 Å². The maximum Gasteiger partial charge on any atom is 0.344 e. The molecule has 146 valence electrons. The Bertz CT molecular complexity index is 1080. The maximum absolute atomic E-state index is 11.7. The number of aryl methyl sites for hydroxylation is 2. The SMILES string of the molecule is Cc1ccc(Cn2cc(/C=N\N3CC(=O)NC3=O)c(-c3ccc(C)cc3)n2)cc1. The largest absolute Gasteiger partial charge is 0.344 e. The van der Waals surface area contributed by atoms with Crippen LogP contribution in [0.15, 0.2) is 59.8 Å². The molecule has 3 aromatic rings. The summed E-state index contributed by atoms with van der Waals surface area (Å²) in [4.78, 5) is 23.1. The molecule has 7 heteroatoms. The van der Waals surface area contributed by atoms with Crippen molar-refractivity contribution in [3.8, 4) is 11.3 Å². The molecular weight excluding hydrogens is 366 g/mol. The van der Waals surface area contributed by atoms with Gasteiger partial charge in [-0.15, -0.1) is 0 Å². The minimum Gasteiger partial charge on any atom is -0.275 e. The number of nitrogens with one attached hydrogen (secondary N) is 1. The third-order valence-corrected chi connectivity index (χ3v) is 4.69. The van der Waals surface area contributed by atoms with Gasteiger partial charge in [0.25, 0.3) is 0 Å². The maximum atomic E-state index is 11.7. The van der Waals surface area contributed by atoms with E-state index in [-0.39, 0.29) is 12.5 Å². The number of imide groups is 1. The highest BCUT2D eigenvalue weighted by Crippen LogP contribution is 2.22. The highest BCUT2D eigenvalue weighted by atomic mass is 16.2. The molecule has 0 unspecified atom stereocenters. The van der Waals surface area contributed by atoms with Crippen LogP contribution in [0.4, 0.5) is 4.79 Å². The van der Waals surface area contributed by atoms with Crippen molar-refractivity contribution in [2.45, 2.75) is 20.4 Å². The fourth-order valence-corrected chi connectivity index (χ4v) is 3.08. The molecule has 7 nitrogen and oxygen atoms in total. The Kier molecular flexibility index (Phi) is 4.95. The summed E-state index contributed by atoms with van der Waals surface area (Å²) in [6.45, 7) is 4.63. The average Bonchev–Trinajstić information content (AvgIpc) is 3.24. The third kappa shape index (κ3) is 4.24. The van der Waals surface area contributed by atoms with Crippen molar-refractivity contribution in [3.63, 3.8) is 0 Å². The van der Waals surface area contributed by atoms with Gasteiger partial charge in [-0.1, -0.05) is 59.7 Å². The fraction of sp³-hybridized carbons (Fsp3) is 0.182. The molecule has 0 radical (unpaired) electrons. The lowest BCUT2D eigenvalue weighted by molar-refractivity contribution is -0.118. The molecule has 1 N–H and O–H groups in total. The van der Waals surface area contributed by atoms with Gasteiger partial charge in [-0.2, -0.15) is 10.2 Å². The number of carbonyl (C=O) groups is 2. The van der Waals surface area contributed by atoms with Crippen LogP contribution in [-0.4, -0.2) is 39.5 Å². The normalized spacial score (nSPS) is 14.1. The van der Waals surface area contributed by atoms with Gasteiger partial charge in [0, 0.05) is 17.3 Å². The topological polar surface area (TPSA) is 79.6 Å². The molecule has 4 rings (SSSR count). The van der Waals surface area contributed by atoms with Gasteiger partial charge in [-0.25, -0.2) is 9.80 Å². The van der Waals surface area contributed by atoms with E-state index in [4.69, 9.17) is 5.10 Å². The number of aromatic nitrogens is 2. The van der Waals surface area contributed by atoms with E-state index in [1.165, 1.54) is 5.56 Å². The summed E-state index contributed by atoms with van der Waals surface area (Å²) in [6.07, 6.45) is 3.47. The zero-order valence-corrected chi connectivity index (χ0v) is 16.3. The van der Waals surface area contributed by atoms with E-state index in [0.717, 1.165) is 33.0 Å². The number of amides is 3. The molecular formula is C22H21N5O2. The number of hydrazone groups is 1. The zero-order valence-electron chi connectivity index (χ0n) is 16.3. The number of rotatable bonds is 5. The first-order chi connectivity index (χ1) is 14.0. The van der Waals surface area contributed by atoms with Crippen LogP contribution in [0, 0.1) is 13.8 Å². The van der Waals surface area contributed by atoms with Crippen molar-refractivity contribution in [1.82, 2.24) is 20.1 Å². The minimum atomic E-state index is -0.518. The van der Waals surface area contributed by atoms with Crippen LogP contribution in [-0.2, 0) is 11.3 Å². The highest BCUT2D eigenvalue weighted by Gasteiger charge is 2.26. The average molecular weight is 387 g/mol. The molecule has 1 aliphatic rings. The summed E-state index contributed by atoms with van der Waals surface area (Å²) in [5.74, 6) is -0.360. The Morgan fingerprint density at radius 2 is 1.69 bits per heavy atom. The first kappa shape index (κ1) is 18.6. The summed E-state index contributed by atoms with van der Waals surface area (Å²) in [5, 5.41) is 12.3. The molecule has 0 saturated carbocycles. The van der Waals surface area contributed by atoms with Crippen molar-refractivity contribution < 1.29 is 9.59 Å². The van der Waals surface area contributed by atoms with Gasteiger partial charge < -0.3 is 0 Å². The van der Waals surface area contributed by atoms with Gasteiger partial charge in [-0.3, -0.25) is 14.8 Å². The van der Waals surface area contributed by atoms with Gasteiger partial charge >= 0.3 is 6.03 Å². The monoisotopic (exact) mass is 387 g/mol. The lowest BCUT2D eigenvalue weighted by Crippen LogP contribution is -2.24. The van der Waals surface area contributed by atoms with Gasteiger partial charge in [-0.05, 0) is 19.4 Å². The van der Waals surface area contributed by atoms with Gasteiger partial charge in [0.2, 0.25) is 5.91 Å². The fourth-order valence-electron chi connectivity index (χ4n) is 3.08. The van der Waals surface area contributed by atoms with Crippen LogP contribution in [0.25, 0.3) is 11.3 Å². The summed E-state index contributed by atoms with van der Waals surface area (Å²) in [6, 6.07) is 15.9. The minimum absolute atomic E-state index is 0.0767. The summed E-state index contributed by atoms with van der Waals surface area (Å²) < 4.78 is 1.86. The number of hydrogen-bond donors (Lipinski definition) is 1. The van der Waals surface area contributed by atoms with Crippen LogP contribution >= 0.6 is 0 Å². The Balaban J connectivity index is 1.66. The van der Waals surface area contributed by atoms with E-state index in [2.05, 4.69) is 41.6 Å². The number of hydrogen-bond acceptors (Lipinski definition) is 4. The molecule has 3 amide bonds. The summed E-state index contributed by atoms with van der Waals surface area (Å²) in [7, 11) is 0. The quantitative estimate of drug-likeness (QED) is 0.540. The Hall–Kier alpha value is -3.74. The zero-order chi connectivity index (χ0) is 20.4. The smallest absolute Gasteiger partial charge is 0.275 e. The molecule has 1 aliphatic heterocycles. The van der Waals surface area contributed by atoms with Crippen LogP contribution in [0.5, 0.6) is 0 Å². The van der Waals surface area contributed by atoms with E-state index in [1.54, 1.807) is 6.21 Å². The van der Waals surface area contributed by atoms with E-state index in [1.807, 2.05) is 42.1 Å². The number of carbonyl (C=O) groups excluding carboxylic acids is 2. The van der Waals surface area contributed by atoms with Crippen molar-refractivity contribution >= 4 is 18.2 Å². The van der Waals surface area contributed by atoms with Crippen molar-refractivity contribution in [3.05, 3.63) is 77.0 Å². The number of benzene rings is 2. The van der Waals surface area contributed by atoms with E-state index in [0.29, 0.717) is 6.54 Å². The van der Waals surface area contributed by atoms with Gasteiger partial charge in [0.15, 0.2) is 0 Å². The van der Waals surface area contributed by atoms with Crippen LogP contribution in [0.1, 0.15) is 22.3 Å². The van der Waals surface area contributed by atoms with Crippen molar-refractivity contribution in [2.75, 3.05) is 6.54 Å². The van der Waals surface area contributed by atoms with E-state index >= 15 is 0 Å². The van der Waals surface area contributed by atoms with E-state index in [9.17, 15) is 9.59 Å². The molecule has 0 spiro atoms. The Morgan fingerprint density at radius 3 is 2.31 bits per heavy atom. The van der Waals surface area contributed by atoms with Gasteiger partial charge in [0.05, 0.1) is 12.8 Å². The molecule has 1 fully saturated rings. The predicted molar refractivity (Wildman–Crippen MR) is 111 cm³/mol. The predicted octanol–water partition coefficient (Wildman–Crippen LogP) is 3.10. The standard InChI is InChI=1S/C22H21N5O2/c1-15-3-7-17(8-4-15)12-26-13-19(11-23-27-14-20(28)24-22(27)29)21(25-26)18-9-5-16(2)6-10-18/h3-11,13H,12,14H2,1-2H3,(H,24,28,29)/b23-11-. The first-order valence-electron chi connectivity index (χ1n) is 9.33. The third-order valence-electron chi connectivity index (χ3n) is 4.69. The molecule has 1 aromatic heterocycles.